The van der Waals surface area contributed by atoms with Crippen molar-refractivity contribution >= 4 is 46.3 Å². The van der Waals surface area contributed by atoms with Crippen LogP contribution in [0.15, 0.2) is 30.3 Å². The second-order valence-corrected chi connectivity index (χ2v) is 8.22. The number of rotatable bonds is 5. The van der Waals surface area contributed by atoms with Crippen LogP contribution < -0.4 is 15.4 Å². The Kier molecular flexibility index (Phi) is 7.62. The number of nitrogens with two attached hydrogens (primary N) is 1. The Labute approximate surface area is 198 Å². The molecule has 7 nitrogen and oxygen atoms in total. The summed E-state index contributed by atoms with van der Waals surface area (Å²) in [7, 11) is 1.57. The third-order valence-corrected chi connectivity index (χ3v) is 6.12. The maximum Gasteiger partial charge on any atom is 0.159 e. The van der Waals surface area contributed by atoms with Gasteiger partial charge in [0.15, 0.2) is 5.82 Å². The van der Waals surface area contributed by atoms with Gasteiger partial charge in [-0.1, -0.05) is 17.7 Å². The number of ether oxygens (including phenoxy) is 1. The predicted molar refractivity (Wildman–Crippen MR) is 129 cm³/mol. The SMILES string of the molecule is COc1ccc(Cc2nnc(N3CCCC(CO)C3)c3ccc(C#N)c(N)c23)cc1Cl.Cl. The number of fused-ring (bicyclic) bond motifs is 1. The smallest absolute Gasteiger partial charge is 0.159 e. The zero-order valence-corrected chi connectivity index (χ0v) is 19.3. The van der Waals surface area contributed by atoms with Crippen molar-refractivity contribution in [2.45, 2.75) is 19.3 Å². The van der Waals surface area contributed by atoms with Crippen LogP contribution in [0.2, 0.25) is 5.02 Å². The summed E-state index contributed by atoms with van der Waals surface area (Å²) < 4.78 is 5.23. The summed E-state index contributed by atoms with van der Waals surface area (Å²) in [6.07, 6.45) is 2.44. The van der Waals surface area contributed by atoms with E-state index in [2.05, 4.69) is 21.2 Å². The van der Waals surface area contributed by atoms with Gasteiger partial charge in [-0.05, 0) is 48.6 Å². The Bertz CT molecular complexity index is 1170. The van der Waals surface area contributed by atoms with E-state index in [1.54, 1.807) is 13.2 Å². The normalized spacial score (nSPS) is 15.8. The Hall–Kier alpha value is -2.79. The first-order chi connectivity index (χ1) is 15.0. The Morgan fingerprint density at radius 1 is 1.31 bits per heavy atom. The minimum absolute atomic E-state index is 0. The Morgan fingerprint density at radius 3 is 2.81 bits per heavy atom. The number of nitrogen functional groups attached to an aromatic ring is 1. The molecule has 1 atom stereocenters. The van der Waals surface area contributed by atoms with E-state index >= 15 is 0 Å². The van der Waals surface area contributed by atoms with Gasteiger partial charge in [-0.2, -0.15) is 10.4 Å². The van der Waals surface area contributed by atoms with Gasteiger partial charge in [0.25, 0.3) is 0 Å². The van der Waals surface area contributed by atoms with Crippen LogP contribution in [0.25, 0.3) is 10.8 Å². The van der Waals surface area contributed by atoms with Crippen molar-refractivity contribution in [2.24, 2.45) is 5.92 Å². The summed E-state index contributed by atoms with van der Waals surface area (Å²) in [5.74, 6) is 1.55. The van der Waals surface area contributed by atoms with Crippen LogP contribution in [-0.2, 0) is 6.42 Å². The number of anilines is 2. The summed E-state index contributed by atoms with van der Waals surface area (Å²) in [6, 6.07) is 11.4. The number of nitrogens with zero attached hydrogens (tertiary/aromatic N) is 4. The number of benzene rings is 2. The second-order valence-electron chi connectivity index (χ2n) is 7.81. The maximum atomic E-state index is 9.61. The molecular weight excluding hydrogens is 449 g/mol. The molecule has 1 unspecified atom stereocenters. The number of nitriles is 1. The summed E-state index contributed by atoms with van der Waals surface area (Å²) in [5.41, 5.74) is 8.85. The lowest BCUT2D eigenvalue weighted by atomic mass is 9.97. The Balaban J connectivity index is 0.00000289. The van der Waals surface area contributed by atoms with Crippen molar-refractivity contribution in [3.05, 3.63) is 52.2 Å². The third kappa shape index (κ3) is 4.53. The molecule has 2 aromatic carbocycles. The molecule has 0 aliphatic carbocycles. The van der Waals surface area contributed by atoms with Gasteiger partial charge in [-0.25, -0.2) is 0 Å². The van der Waals surface area contributed by atoms with E-state index in [1.165, 1.54) is 0 Å². The molecule has 0 radical (unpaired) electrons. The molecule has 0 saturated carbocycles. The average Bonchev–Trinajstić information content (AvgIpc) is 2.79. The van der Waals surface area contributed by atoms with Crippen LogP contribution in [-0.4, -0.2) is 42.1 Å². The zero-order valence-electron chi connectivity index (χ0n) is 17.7. The standard InChI is InChI=1S/C23H24ClN5O2.ClH/c1-31-20-7-4-14(9-18(20)24)10-19-21-17(6-5-16(11-25)22(21)26)23(28-27-19)29-8-2-3-15(12-29)13-30;/h4-7,9,15,30H,2-3,8,10,12-13,26H2,1H3;1H. The molecular formula is C23H25Cl2N5O2. The molecule has 9 heteroatoms. The van der Waals surface area contributed by atoms with E-state index < -0.39 is 0 Å². The monoisotopic (exact) mass is 473 g/mol. The van der Waals surface area contributed by atoms with Crippen molar-refractivity contribution < 1.29 is 9.84 Å². The van der Waals surface area contributed by atoms with Gasteiger partial charge in [0.2, 0.25) is 0 Å². The molecule has 1 aromatic heterocycles. The first kappa shape index (κ1) is 23.9. The lowest BCUT2D eigenvalue weighted by molar-refractivity contribution is 0.208. The van der Waals surface area contributed by atoms with Crippen molar-refractivity contribution in [1.29, 1.82) is 5.26 Å². The van der Waals surface area contributed by atoms with Crippen LogP contribution in [0.3, 0.4) is 0 Å². The molecule has 3 N–H and O–H groups in total. The number of hydrogen-bond acceptors (Lipinski definition) is 7. The molecule has 1 aliphatic heterocycles. The van der Waals surface area contributed by atoms with Gasteiger partial charge in [-0.3, -0.25) is 0 Å². The highest BCUT2D eigenvalue weighted by molar-refractivity contribution is 6.32. The van der Waals surface area contributed by atoms with E-state index in [4.69, 9.17) is 22.1 Å². The van der Waals surface area contributed by atoms with Gasteiger partial charge in [0.05, 0.1) is 29.1 Å². The summed E-state index contributed by atoms with van der Waals surface area (Å²) in [5, 5.41) is 30.3. The fourth-order valence-electron chi connectivity index (χ4n) is 4.20. The molecule has 32 heavy (non-hydrogen) atoms. The van der Waals surface area contributed by atoms with Gasteiger partial charge >= 0.3 is 0 Å². The van der Waals surface area contributed by atoms with Gasteiger partial charge in [-0.15, -0.1) is 17.5 Å². The number of aromatic nitrogens is 2. The molecule has 1 fully saturated rings. The highest BCUT2D eigenvalue weighted by Gasteiger charge is 2.24. The molecule has 4 rings (SSSR count). The van der Waals surface area contributed by atoms with E-state index in [0.29, 0.717) is 40.7 Å². The number of halogens is 2. The fraction of sp³-hybridized carbons (Fsp3) is 0.348. The Morgan fingerprint density at radius 2 is 2.12 bits per heavy atom. The van der Waals surface area contributed by atoms with Crippen LogP contribution in [0, 0.1) is 17.2 Å². The topological polar surface area (TPSA) is 108 Å². The number of methoxy groups -OCH3 is 1. The summed E-state index contributed by atoms with van der Waals surface area (Å²) >= 11 is 6.29. The minimum Gasteiger partial charge on any atom is -0.495 e. The molecule has 3 aromatic rings. The average molecular weight is 474 g/mol. The first-order valence-corrected chi connectivity index (χ1v) is 10.6. The molecule has 1 saturated heterocycles. The minimum atomic E-state index is 0. The highest BCUT2D eigenvalue weighted by Crippen LogP contribution is 2.35. The quantitative estimate of drug-likeness (QED) is 0.539. The van der Waals surface area contributed by atoms with E-state index in [-0.39, 0.29) is 24.9 Å². The maximum absolute atomic E-state index is 9.61. The van der Waals surface area contributed by atoms with Crippen LogP contribution >= 0.6 is 24.0 Å². The van der Waals surface area contributed by atoms with Gasteiger partial charge in [0, 0.05) is 36.9 Å². The number of piperidine rings is 1. The summed E-state index contributed by atoms with van der Waals surface area (Å²) in [6.45, 7) is 1.71. The molecule has 1 aliphatic rings. The van der Waals surface area contributed by atoms with E-state index in [1.807, 2.05) is 24.3 Å². The second kappa shape index (κ2) is 10.2. The summed E-state index contributed by atoms with van der Waals surface area (Å²) in [4.78, 5) is 2.15. The van der Waals surface area contributed by atoms with E-state index in [9.17, 15) is 10.4 Å². The number of aliphatic hydroxyl groups excluding tert-OH is 1. The van der Waals surface area contributed by atoms with Crippen molar-refractivity contribution in [3.8, 4) is 11.8 Å². The van der Waals surface area contributed by atoms with Crippen LogP contribution in [0.5, 0.6) is 5.75 Å². The lowest BCUT2D eigenvalue weighted by Gasteiger charge is -2.33. The van der Waals surface area contributed by atoms with Crippen molar-refractivity contribution in [1.82, 2.24) is 10.2 Å². The van der Waals surface area contributed by atoms with Crippen molar-refractivity contribution in [3.63, 3.8) is 0 Å². The van der Waals surface area contributed by atoms with Gasteiger partial charge in [0.1, 0.15) is 11.8 Å². The lowest BCUT2D eigenvalue weighted by Crippen LogP contribution is -2.37. The highest BCUT2D eigenvalue weighted by atomic mass is 35.5. The van der Waals surface area contributed by atoms with Crippen LogP contribution in [0.4, 0.5) is 11.5 Å². The predicted octanol–water partition coefficient (Wildman–Crippen LogP) is 3.97. The molecule has 0 amide bonds. The molecule has 168 valence electrons. The third-order valence-electron chi connectivity index (χ3n) is 5.83. The first-order valence-electron chi connectivity index (χ1n) is 10.2. The molecule has 0 spiro atoms. The van der Waals surface area contributed by atoms with Gasteiger partial charge < -0.3 is 20.5 Å². The van der Waals surface area contributed by atoms with E-state index in [0.717, 1.165) is 41.5 Å². The molecule has 2 heterocycles. The zero-order chi connectivity index (χ0) is 22.0. The largest absolute Gasteiger partial charge is 0.495 e. The molecule has 0 bridgehead atoms. The number of aliphatic hydroxyl groups is 1. The number of hydrogen-bond donors (Lipinski definition) is 2. The van der Waals surface area contributed by atoms with Crippen LogP contribution in [0.1, 0.15) is 29.7 Å². The fourth-order valence-corrected chi connectivity index (χ4v) is 4.48. The van der Waals surface area contributed by atoms with Crippen molar-refractivity contribution in [2.75, 3.05) is 37.4 Å².